The number of nitrogens with one attached hydrogen (secondary N) is 2. The highest BCUT2D eigenvalue weighted by Crippen LogP contribution is 2.31. The first-order valence-corrected chi connectivity index (χ1v) is 4.60. The maximum atomic E-state index is 5.83. The number of hydrazine groups is 1. The van der Waals surface area contributed by atoms with Gasteiger partial charge in [-0.3, -0.25) is 0 Å². The van der Waals surface area contributed by atoms with Gasteiger partial charge in [0.25, 0.3) is 0 Å². The van der Waals surface area contributed by atoms with E-state index in [0.717, 1.165) is 6.54 Å². The topological polar surface area (TPSA) is 33.3 Å². The molecule has 72 valence electrons. The minimum absolute atomic E-state index is 0.423. The molecule has 0 atom stereocenters. The van der Waals surface area contributed by atoms with Crippen molar-refractivity contribution in [1.82, 2.24) is 11.0 Å². The van der Waals surface area contributed by atoms with Gasteiger partial charge < -0.3 is 4.84 Å². The van der Waals surface area contributed by atoms with Crippen LogP contribution in [-0.4, -0.2) is 6.54 Å². The largest absolute Gasteiger partial charge is 0.391 e. The Morgan fingerprint density at radius 3 is 2.46 bits per heavy atom. The van der Waals surface area contributed by atoms with Gasteiger partial charge in [0.05, 0.1) is 10.0 Å². The van der Waals surface area contributed by atoms with E-state index in [1.54, 1.807) is 18.2 Å². The molecule has 0 aliphatic carbocycles. The van der Waals surface area contributed by atoms with Gasteiger partial charge in [-0.2, -0.15) is 0 Å². The predicted molar refractivity (Wildman–Crippen MR) is 53.9 cm³/mol. The monoisotopic (exact) mass is 220 g/mol. The molecule has 2 N–H and O–H groups in total. The van der Waals surface area contributed by atoms with Crippen LogP contribution in [0.2, 0.25) is 10.0 Å². The smallest absolute Gasteiger partial charge is 0.186 e. The van der Waals surface area contributed by atoms with E-state index in [-0.39, 0.29) is 0 Å². The zero-order valence-electron chi connectivity index (χ0n) is 7.10. The van der Waals surface area contributed by atoms with Gasteiger partial charge in [0, 0.05) is 6.54 Å². The summed E-state index contributed by atoms with van der Waals surface area (Å²) >= 11 is 11.7. The molecule has 5 heteroatoms. The summed E-state index contributed by atoms with van der Waals surface area (Å²) in [6.45, 7) is 2.67. The van der Waals surface area contributed by atoms with Crippen molar-refractivity contribution in [2.75, 3.05) is 6.54 Å². The minimum Gasteiger partial charge on any atom is -0.391 e. The summed E-state index contributed by atoms with van der Waals surface area (Å²) in [5.41, 5.74) is 5.28. The van der Waals surface area contributed by atoms with Crippen LogP contribution in [-0.2, 0) is 0 Å². The summed E-state index contributed by atoms with van der Waals surface area (Å²) in [6.07, 6.45) is 0. The minimum atomic E-state index is 0.423. The Bertz CT molecular complexity index is 261. The van der Waals surface area contributed by atoms with Gasteiger partial charge in [-0.15, -0.1) is 0 Å². The molecule has 3 nitrogen and oxygen atoms in total. The van der Waals surface area contributed by atoms with Gasteiger partial charge in [0.1, 0.15) is 0 Å². The van der Waals surface area contributed by atoms with E-state index in [1.165, 1.54) is 0 Å². The third-order valence-corrected chi connectivity index (χ3v) is 1.92. The van der Waals surface area contributed by atoms with Crippen molar-refractivity contribution in [2.45, 2.75) is 6.92 Å². The van der Waals surface area contributed by atoms with E-state index in [4.69, 9.17) is 28.0 Å². The van der Waals surface area contributed by atoms with Crippen LogP contribution in [0.15, 0.2) is 18.2 Å². The Labute approximate surface area is 86.9 Å². The van der Waals surface area contributed by atoms with Crippen LogP contribution >= 0.6 is 23.2 Å². The lowest BCUT2D eigenvalue weighted by molar-refractivity contribution is 0.152. The molecule has 1 aromatic carbocycles. The highest BCUT2D eigenvalue weighted by Gasteiger charge is 2.05. The lowest BCUT2D eigenvalue weighted by Gasteiger charge is -2.09. The van der Waals surface area contributed by atoms with Crippen LogP contribution in [0.25, 0.3) is 0 Å². The number of para-hydroxylation sites is 1. The third kappa shape index (κ3) is 3.04. The van der Waals surface area contributed by atoms with Gasteiger partial charge in [0.2, 0.25) is 0 Å². The normalized spacial score (nSPS) is 10.1. The molecule has 0 amide bonds. The molecule has 0 spiro atoms. The molecule has 13 heavy (non-hydrogen) atoms. The van der Waals surface area contributed by atoms with Crippen molar-refractivity contribution in [3.8, 4) is 5.75 Å². The van der Waals surface area contributed by atoms with Crippen molar-refractivity contribution in [1.29, 1.82) is 0 Å². The van der Waals surface area contributed by atoms with Crippen LogP contribution in [0.4, 0.5) is 0 Å². The van der Waals surface area contributed by atoms with Crippen molar-refractivity contribution in [2.24, 2.45) is 0 Å². The van der Waals surface area contributed by atoms with E-state index in [9.17, 15) is 0 Å². The summed E-state index contributed by atoms with van der Waals surface area (Å²) in [5.74, 6) is 0.423. The summed E-state index contributed by atoms with van der Waals surface area (Å²) < 4.78 is 0. The lowest BCUT2D eigenvalue weighted by Crippen LogP contribution is -2.34. The fraction of sp³-hybridized carbons (Fsp3) is 0.250. The summed E-state index contributed by atoms with van der Waals surface area (Å²) in [5, 5.41) is 0.941. The maximum Gasteiger partial charge on any atom is 0.186 e. The van der Waals surface area contributed by atoms with E-state index in [1.807, 2.05) is 6.92 Å². The zero-order chi connectivity index (χ0) is 9.68. The quantitative estimate of drug-likeness (QED) is 0.605. The van der Waals surface area contributed by atoms with Crippen LogP contribution in [0.3, 0.4) is 0 Å². The molecule has 0 aromatic heterocycles. The number of halogens is 2. The van der Waals surface area contributed by atoms with Gasteiger partial charge in [-0.25, -0.2) is 5.43 Å². The van der Waals surface area contributed by atoms with Gasteiger partial charge in [-0.1, -0.05) is 41.8 Å². The highest BCUT2D eigenvalue weighted by molar-refractivity contribution is 6.37. The second-order valence-electron chi connectivity index (χ2n) is 2.29. The molecular weight excluding hydrogens is 211 g/mol. The molecule has 0 bridgehead atoms. The van der Waals surface area contributed by atoms with Crippen LogP contribution < -0.4 is 15.9 Å². The molecule has 1 aromatic rings. The molecule has 0 heterocycles. The molecule has 1 rings (SSSR count). The van der Waals surface area contributed by atoms with Crippen molar-refractivity contribution in [3.63, 3.8) is 0 Å². The van der Waals surface area contributed by atoms with Gasteiger partial charge >= 0.3 is 0 Å². The molecule has 0 unspecified atom stereocenters. The Morgan fingerprint density at radius 1 is 1.31 bits per heavy atom. The fourth-order valence-electron chi connectivity index (χ4n) is 0.739. The molecule has 0 saturated carbocycles. The summed E-state index contributed by atoms with van der Waals surface area (Å²) in [4.78, 5) is 5.08. The van der Waals surface area contributed by atoms with Crippen LogP contribution in [0.5, 0.6) is 5.75 Å². The predicted octanol–water partition coefficient (Wildman–Crippen LogP) is 2.40. The van der Waals surface area contributed by atoms with Crippen LogP contribution in [0.1, 0.15) is 6.92 Å². The SMILES string of the molecule is CCNNOc1c(Cl)cccc1Cl. The van der Waals surface area contributed by atoms with E-state index in [0.29, 0.717) is 15.8 Å². The number of benzene rings is 1. The average molecular weight is 221 g/mol. The standard InChI is InChI=1S/C8H10Cl2N2O/c1-2-11-12-13-8-6(9)4-3-5-7(8)10/h3-5,11-12H,2H2,1H3. The van der Waals surface area contributed by atoms with E-state index < -0.39 is 0 Å². The third-order valence-electron chi connectivity index (χ3n) is 1.32. The van der Waals surface area contributed by atoms with Crippen molar-refractivity contribution >= 4 is 23.2 Å². The first-order valence-electron chi connectivity index (χ1n) is 3.84. The van der Waals surface area contributed by atoms with E-state index in [2.05, 4.69) is 11.0 Å². The fourth-order valence-corrected chi connectivity index (χ4v) is 1.21. The highest BCUT2D eigenvalue weighted by atomic mass is 35.5. The number of hydrogen-bond acceptors (Lipinski definition) is 3. The maximum absolute atomic E-state index is 5.83. The molecular formula is C8H10Cl2N2O. The second kappa shape index (κ2) is 5.29. The summed E-state index contributed by atoms with van der Waals surface area (Å²) in [6, 6.07) is 5.16. The first kappa shape index (κ1) is 10.6. The second-order valence-corrected chi connectivity index (χ2v) is 3.10. The van der Waals surface area contributed by atoms with Crippen molar-refractivity contribution < 1.29 is 4.84 Å². The number of rotatable bonds is 4. The molecule has 0 aliphatic heterocycles. The zero-order valence-corrected chi connectivity index (χ0v) is 8.62. The molecule has 0 radical (unpaired) electrons. The van der Waals surface area contributed by atoms with Gasteiger partial charge in [0.15, 0.2) is 5.75 Å². The molecule has 0 aliphatic rings. The summed E-state index contributed by atoms with van der Waals surface area (Å²) in [7, 11) is 0. The molecule has 0 saturated heterocycles. The van der Waals surface area contributed by atoms with Crippen LogP contribution in [0, 0.1) is 0 Å². The number of hydrogen-bond donors (Lipinski definition) is 2. The Morgan fingerprint density at radius 2 is 1.92 bits per heavy atom. The lowest BCUT2D eigenvalue weighted by atomic mass is 10.3. The Kier molecular flexibility index (Phi) is 4.32. The van der Waals surface area contributed by atoms with Crippen molar-refractivity contribution in [3.05, 3.63) is 28.2 Å². The Balaban J connectivity index is 2.64. The van der Waals surface area contributed by atoms with Gasteiger partial charge in [-0.05, 0) is 12.1 Å². The van der Waals surface area contributed by atoms with E-state index >= 15 is 0 Å². The average Bonchev–Trinajstić information content (AvgIpc) is 2.10. The molecule has 0 fully saturated rings. The first-order chi connectivity index (χ1) is 6.25. The Hall–Kier alpha value is -0.480.